The van der Waals surface area contributed by atoms with Gasteiger partial charge in [-0.15, -0.1) is 10.3 Å². The molecule has 0 aliphatic carbocycles. The molecule has 7 aromatic carbocycles. The molecule has 0 radical (unpaired) electrons. The van der Waals surface area contributed by atoms with Crippen LogP contribution in [0.5, 0.6) is 11.5 Å². The van der Waals surface area contributed by atoms with Crippen molar-refractivity contribution in [3.8, 4) is 33.8 Å². The first-order valence-corrected chi connectivity index (χ1v) is 21.4. The zero-order chi connectivity index (χ0) is 38.6. The first-order chi connectivity index (χ1) is 27.9. The summed E-state index contributed by atoms with van der Waals surface area (Å²) < 4.78 is 0. The van der Waals surface area contributed by atoms with Gasteiger partial charge in [0.1, 0.15) is 11.4 Å². The number of nitrogens with zero attached hydrogens (tertiary/aromatic N) is 2. The lowest BCUT2D eigenvalue weighted by Crippen LogP contribution is -2.64. The van der Waals surface area contributed by atoms with Crippen molar-refractivity contribution in [1.29, 1.82) is 0 Å². The van der Waals surface area contributed by atoms with E-state index in [0.29, 0.717) is 0 Å². The van der Waals surface area contributed by atoms with Gasteiger partial charge in [0.15, 0.2) is 11.5 Å². The molecule has 3 aliphatic heterocycles. The van der Waals surface area contributed by atoms with E-state index in [4.69, 9.17) is 9.68 Å². The van der Waals surface area contributed by atoms with Gasteiger partial charge in [0.25, 0.3) is 0 Å². The molecule has 278 valence electrons. The average Bonchev–Trinajstić information content (AvgIpc) is 3.97. The number of hydroxylamine groups is 2. The van der Waals surface area contributed by atoms with Gasteiger partial charge in [0.05, 0.1) is 10.6 Å². The lowest BCUT2D eigenvalue weighted by atomic mass is 9.94. The lowest BCUT2D eigenvalue weighted by Gasteiger charge is -2.46. The second-order valence-electron chi connectivity index (χ2n) is 15.7. The smallest absolute Gasteiger partial charge is 0.209 e. The summed E-state index contributed by atoms with van der Waals surface area (Å²) >= 11 is 0. The van der Waals surface area contributed by atoms with E-state index < -0.39 is 8.07 Å². The van der Waals surface area contributed by atoms with Crippen molar-refractivity contribution in [2.45, 2.75) is 25.8 Å². The van der Waals surface area contributed by atoms with Gasteiger partial charge in [-0.3, -0.25) is 10.9 Å². The highest BCUT2D eigenvalue weighted by atomic mass is 28.3. The van der Waals surface area contributed by atoms with Crippen LogP contribution >= 0.6 is 0 Å². The van der Waals surface area contributed by atoms with Crippen molar-refractivity contribution in [3.05, 3.63) is 210 Å². The molecule has 0 saturated carbocycles. The van der Waals surface area contributed by atoms with E-state index in [-0.39, 0.29) is 5.04 Å². The zero-order valence-corrected chi connectivity index (χ0v) is 33.1. The van der Waals surface area contributed by atoms with Gasteiger partial charge in [-0.2, -0.15) is 0 Å². The van der Waals surface area contributed by atoms with Gasteiger partial charge in [-0.05, 0) is 67.9 Å². The second-order valence-corrected chi connectivity index (χ2v) is 20.2. The Bertz CT molecular complexity index is 2500. The first-order valence-electron chi connectivity index (χ1n) is 19.4. The van der Waals surface area contributed by atoms with E-state index in [0.717, 1.165) is 78.0 Å². The van der Waals surface area contributed by atoms with E-state index >= 15 is 0 Å². The summed E-state index contributed by atoms with van der Waals surface area (Å²) in [6.07, 6.45) is 0. The van der Waals surface area contributed by atoms with Crippen LogP contribution in [0.15, 0.2) is 199 Å². The number of allylic oxidation sites excluding steroid dienone is 2. The van der Waals surface area contributed by atoms with Crippen LogP contribution in [-0.2, 0) is 0 Å². The fraction of sp³-hybridized carbons (Fsp3) is 0.0800. The number of hydrogen-bond acceptors (Lipinski definition) is 6. The molecule has 0 unspecified atom stereocenters. The number of anilines is 2. The van der Waals surface area contributed by atoms with Crippen molar-refractivity contribution in [1.82, 2.24) is 10.3 Å². The molecule has 0 aromatic heterocycles. The topological polar surface area (TPSA) is 49.0 Å². The maximum Gasteiger partial charge on any atom is 0.209 e. The number of benzene rings is 7. The van der Waals surface area contributed by atoms with Gasteiger partial charge in [-0.25, -0.2) is 0 Å². The standard InChI is InChI=1S/C50H42N4O2Si/c1-50(2,3)57(41-27-17-8-18-28-41)48(53-51-42-33-39(29-31-44(42)55-53)35-19-9-4-10-20-35)46(37-23-13-6-14-24-37)47(38-25-15-7-16-26-38)49(57)54-52-43-34-40(30-32-45(43)56-54)36-21-11-5-12-22-36/h4-34,51-52H,1-3H3. The maximum absolute atomic E-state index is 7.02. The fourth-order valence-electron chi connectivity index (χ4n) is 8.79. The number of hydrazine groups is 2. The van der Waals surface area contributed by atoms with Crippen LogP contribution in [0.1, 0.15) is 31.9 Å². The molecular formula is C50H42N4O2Si. The van der Waals surface area contributed by atoms with Crippen molar-refractivity contribution in [2.75, 3.05) is 10.9 Å². The van der Waals surface area contributed by atoms with E-state index in [1.807, 2.05) is 22.5 Å². The maximum atomic E-state index is 7.02. The van der Waals surface area contributed by atoms with Crippen molar-refractivity contribution in [2.24, 2.45) is 0 Å². The molecule has 0 atom stereocenters. The Balaban J connectivity index is 1.23. The Hall–Kier alpha value is -6.96. The van der Waals surface area contributed by atoms with Crippen LogP contribution in [0.2, 0.25) is 5.04 Å². The Morgan fingerprint density at radius 2 is 0.754 bits per heavy atom. The van der Waals surface area contributed by atoms with Gasteiger partial charge in [-0.1, -0.05) is 185 Å². The quantitative estimate of drug-likeness (QED) is 0.158. The summed E-state index contributed by atoms with van der Waals surface area (Å²) in [5.41, 5.74) is 18.3. The van der Waals surface area contributed by atoms with E-state index in [2.05, 4.69) is 208 Å². The van der Waals surface area contributed by atoms with Gasteiger partial charge in [0, 0.05) is 11.1 Å². The van der Waals surface area contributed by atoms with Crippen molar-refractivity contribution >= 4 is 35.8 Å². The van der Waals surface area contributed by atoms with E-state index in [1.165, 1.54) is 5.19 Å². The number of hydrogen-bond donors (Lipinski definition) is 2. The lowest BCUT2D eigenvalue weighted by molar-refractivity contribution is 0.0270. The molecule has 2 N–H and O–H groups in total. The van der Waals surface area contributed by atoms with Crippen LogP contribution in [0.25, 0.3) is 33.4 Å². The Labute approximate surface area is 334 Å². The van der Waals surface area contributed by atoms with Crippen molar-refractivity contribution < 1.29 is 9.68 Å². The minimum absolute atomic E-state index is 0.334. The van der Waals surface area contributed by atoms with Crippen molar-refractivity contribution in [3.63, 3.8) is 0 Å². The molecule has 6 nitrogen and oxygen atoms in total. The number of rotatable bonds is 7. The minimum Gasteiger partial charge on any atom is -0.358 e. The summed E-state index contributed by atoms with van der Waals surface area (Å²) in [6, 6.07) is 66.2. The molecule has 10 rings (SSSR count). The Morgan fingerprint density at radius 1 is 0.404 bits per heavy atom. The van der Waals surface area contributed by atoms with Crippen LogP contribution < -0.4 is 25.7 Å². The van der Waals surface area contributed by atoms with E-state index in [1.54, 1.807) is 0 Å². The molecule has 57 heavy (non-hydrogen) atoms. The van der Waals surface area contributed by atoms with Gasteiger partial charge in [0.2, 0.25) is 8.07 Å². The Morgan fingerprint density at radius 3 is 1.12 bits per heavy atom. The highest BCUT2D eigenvalue weighted by Gasteiger charge is 2.64. The van der Waals surface area contributed by atoms with Crippen LogP contribution in [0, 0.1) is 0 Å². The molecule has 7 aromatic rings. The van der Waals surface area contributed by atoms with Crippen LogP contribution in [0.3, 0.4) is 0 Å². The van der Waals surface area contributed by atoms with E-state index in [9.17, 15) is 0 Å². The second kappa shape index (κ2) is 13.7. The third-order valence-corrected chi connectivity index (χ3v) is 17.1. The summed E-state index contributed by atoms with van der Waals surface area (Å²) in [5, 5.41) is 7.02. The molecular weight excluding hydrogens is 717 g/mol. The normalized spacial score (nSPS) is 15.4. The largest absolute Gasteiger partial charge is 0.358 e. The summed E-state index contributed by atoms with van der Waals surface area (Å²) in [7, 11) is -3.29. The third-order valence-electron chi connectivity index (χ3n) is 11.3. The predicted molar refractivity (Wildman–Crippen MR) is 234 cm³/mol. The highest BCUT2D eigenvalue weighted by Crippen LogP contribution is 2.60. The number of fused-ring (bicyclic) bond motifs is 2. The third kappa shape index (κ3) is 5.69. The summed E-state index contributed by atoms with van der Waals surface area (Å²) in [6.45, 7) is 7.11. The first kappa shape index (κ1) is 34.5. The summed E-state index contributed by atoms with van der Waals surface area (Å²) in [5.74, 6) is 1.54. The molecule has 3 aliphatic rings. The predicted octanol–water partition coefficient (Wildman–Crippen LogP) is 11.7. The zero-order valence-electron chi connectivity index (χ0n) is 32.1. The fourth-order valence-corrected chi connectivity index (χ4v) is 14.6. The Kier molecular flexibility index (Phi) is 8.27. The highest BCUT2D eigenvalue weighted by molar-refractivity contribution is 7.07. The van der Waals surface area contributed by atoms with Gasteiger partial charge >= 0.3 is 0 Å². The number of nitrogens with one attached hydrogen (secondary N) is 2. The molecule has 0 saturated heterocycles. The molecule has 0 amide bonds. The van der Waals surface area contributed by atoms with Gasteiger partial charge < -0.3 is 9.68 Å². The molecule has 7 heteroatoms. The molecule has 0 fully saturated rings. The summed E-state index contributed by atoms with van der Waals surface area (Å²) in [4.78, 5) is 14.0. The van der Waals surface area contributed by atoms with Crippen LogP contribution in [-0.4, -0.2) is 18.4 Å². The SMILES string of the molecule is CC(C)(C)[Si]1(c2ccccc2)C(N2Nc3cc(-c4ccccc4)ccc3O2)=C(c2ccccc2)C(c2ccccc2)=C1N1Nc2cc(-c3ccccc3)ccc2O1. The minimum atomic E-state index is -3.29. The van der Waals surface area contributed by atoms with Crippen LogP contribution in [0.4, 0.5) is 11.4 Å². The molecule has 0 bridgehead atoms. The monoisotopic (exact) mass is 758 g/mol. The average molecular weight is 759 g/mol. The molecule has 3 heterocycles. The molecule has 0 spiro atoms.